The predicted molar refractivity (Wildman–Crippen MR) is 65.7 cm³/mol. The van der Waals surface area contributed by atoms with Gasteiger partial charge < -0.3 is 9.72 Å². The molecule has 2 aromatic rings. The van der Waals surface area contributed by atoms with Crippen LogP contribution in [0.15, 0.2) is 60.8 Å². The average molecular weight is 222 g/mol. The van der Waals surface area contributed by atoms with Gasteiger partial charge in [-0.25, -0.2) is 4.98 Å². The maximum Gasteiger partial charge on any atom is 0.176 e. The summed E-state index contributed by atoms with van der Waals surface area (Å²) in [4.78, 5) is 7.36. The summed E-state index contributed by atoms with van der Waals surface area (Å²) in [5, 5.41) is 0. The van der Waals surface area contributed by atoms with E-state index in [0.29, 0.717) is 5.76 Å². The van der Waals surface area contributed by atoms with Crippen molar-refractivity contribution >= 4 is 5.76 Å². The van der Waals surface area contributed by atoms with E-state index in [2.05, 4.69) is 15.7 Å². The van der Waals surface area contributed by atoms with E-state index in [9.17, 15) is 0 Å². The van der Waals surface area contributed by atoms with Crippen molar-refractivity contribution in [2.75, 3.05) is 0 Å². The first kappa shape index (κ1) is 9.70. The van der Waals surface area contributed by atoms with Crippen molar-refractivity contribution in [2.24, 2.45) is 0 Å². The molecule has 0 radical (unpaired) electrons. The van der Waals surface area contributed by atoms with Crippen LogP contribution >= 0.6 is 0 Å². The van der Waals surface area contributed by atoms with Crippen LogP contribution in [0, 0.1) is 0 Å². The lowest BCUT2D eigenvalue weighted by molar-refractivity contribution is 0.435. The average Bonchev–Trinajstić information content (AvgIpc) is 2.94. The SMILES string of the molecule is C1=CC=COC=1c1ccccc1-c1ncc[nH]1. The van der Waals surface area contributed by atoms with Gasteiger partial charge in [0.25, 0.3) is 0 Å². The van der Waals surface area contributed by atoms with Crippen molar-refractivity contribution in [2.45, 2.75) is 0 Å². The Bertz CT molecular complexity index is 617. The number of aromatic nitrogens is 2. The van der Waals surface area contributed by atoms with Gasteiger partial charge in [0.05, 0.1) is 6.26 Å². The van der Waals surface area contributed by atoms with Gasteiger partial charge in [-0.15, -0.1) is 0 Å². The van der Waals surface area contributed by atoms with Crippen molar-refractivity contribution < 1.29 is 4.74 Å². The van der Waals surface area contributed by atoms with E-state index in [1.165, 1.54) is 0 Å². The smallest absolute Gasteiger partial charge is 0.176 e. The second-order valence-corrected chi connectivity index (χ2v) is 3.57. The zero-order chi connectivity index (χ0) is 11.5. The molecule has 1 N–H and O–H groups in total. The fourth-order valence-electron chi connectivity index (χ4n) is 1.75. The molecule has 0 aliphatic carbocycles. The lowest BCUT2D eigenvalue weighted by Crippen LogP contribution is -1.92. The van der Waals surface area contributed by atoms with Crippen LogP contribution in [0.5, 0.6) is 0 Å². The third-order valence-corrected chi connectivity index (χ3v) is 2.50. The summed E-state index contributed by atoms with van der Waals surface area (Å²) in [6.45, 7) is 0. The summed E-state index contributed by atoms with van der Waals surface area (Å²) in [6, 6.07) is 7.94. The Morgan fingerprint density at radius 3 is 2.76 bits per heavy atom. The molecule has 1 aliphatic rings. The maximum atomic E-state index is 5.45. The van der Waals surface area contributed by atoms with Gasteiger partial charge in [0, 0.05) is 23.5 Å². The first-order valence-electron chi connectivity index (χ1n) is 5.33. The van der Waals surface area contributed by atoms with Crippen LogP contribution in [-0.2, 0) is 4.74 Å². The zero-order valence-corrected chi connectivity index (χ0v) is 9.05. The number of hydrogen-bond acceptors (Lipinski definition) is 2. The minimum absolute atomic E-state index is 0.708. The van der Waals surface area contributed by atoms with Crippen LogP contribution in [-0.4, -0.2) is 9.97 Å². The number of hydrogen-bond donors (Lipinski definition) is 1. The molecule has 0 fully saturated rings. The number of aromatic amines is 1. The topological polar surface area (TPSA) is 37.9 Å². The van der Waals surface area contributed by atoms with Gasteiger partial charge in [0.15, 0.2) is 5.76 Å². The number of imidazole rings is 1. The molecule has 3 rings (SSSR count). The Labute approximate surface area is 98.8 Å². The van der Waals surface area contributed by atoms with Gasteiger partial charge >= 0.3 is 0 Å². The normalized spacial score (nSPS) is 13.3. The lowest BCUT2D eigenvalue weighted by Gasteiger charge is -2.09. The van der Waals surface area contributed by atoms with E-state index < -0.39 is 0 Å². The fraction of sp³-hybridized carbons (Fsp3) is 0. The molecular weight excluding hydrogens is 212 g/mol. The molecule has 2 heterocycles. The van der Waals surface area contributed by atoms with Crippen LogP contribution in [0.3, 0.4) is 0 Å². The monoisotopic (exact) mass is 222 g/mol. The van der Waals surface area contributed by atoms with Crippen molar-refractivity contribution in [1.82, 2.24) is 9.97 Å². The summed E-state index contributed by atoms with van der Waals surface area (Å²) in [5.74, 6) is 1.53. The van der Waals surface area contributed by atoms with Crippen molar-refractivity contribution in [3.63, 3.8) is 0 Å². The Morgan fingerprint density at radius 1 is 1.18 bits per heavy atom. The molecule has 3 heteroatoms. The van der Waals surface area contributed by atoms with Crippen LogP contribution in [0.2, 0.25) is 0 Å². The molecule has 82 valence electrons. The Kier molecular flexibility index (Phi) is 2.37. The highest BCUT2D eigenvalue weighted by atomic mass is 16.5. The highest BCUT2D eigenvalue weighted by molar-refractivity contribution is 5.76. The molecule has 1 aromatic heterocycles. The van der Waals surface area contributed by atoms with E-state index in [0.717, 1.165) is 17.0 Å². The van der Waals surface area contributed by atoms with E-state index in [4.69, 9.17) is 4.74 Å². The van der Waals surface area contributed by atoms with Gasteiger partial charge in [-0.2, -0.15) is 0 Å². The largest absolute Gasteiger partial charge is 0.456 e. The van der Waals surface area contributed by atoms with E-state index >= 15 is 0 Å². The fourth-order valence-corrected chi connectivity index (χ4v) is 1.75. The van der Waals surface area contributed by atoms with E-state index in [1.54, 1.807) is 24.7 Å². The summed E-state index contributed by atoms with van der Waals surface area (Å²) in [5.41, 5.74) is 5.06. The van der Waals surface area contributed by atoms with Gasteiger partial charge in [-0.3, -0.25) is 0 Å². The van der Waals surface area contributed by atoms with Crippen LogP contribution in [0.25, 0.3) is 17.1 Å². The number of rotatable bonds is 2. The molecule has 0 atom stereocenters. The first-order chi connectivity index (χ1) is 8.45. The Hall–Kier alpha value is -2.51. The minimum Gasteiger partial charge on any atom is -0.456 e. The summed E-state index contributed by atoms with van der Waals surface area (Å²) < 4.78 is 5.45. The van der Waals surface area contributed by atoms with Gasteiger partial charge in [0.2, 0.25) is 0 Å². The van der Waals surface area contributed by atoms with Gasteiger partial charge in [0.1, 0.15) is 5.82 Å². The van der Waals surface area contributed by atoms with Gasteiger partial charge in [-0.05, 0) is 18.2 Å². The Morgan fingerprint density at radius 2 is 2.06 bits per heavy atom. The Balaban J connectivity index is 2.15. The van der Waals surface area contributed by atoms with Crippen LogP contribution in [0.1, 0.15) is 5.56 Å². The second kappa shape index (κ2) is 4.16. The molecule has 0 spiro atoms. The third-order valence-electron chi connectivity index (χ3n) is 2.50. The van der Waals surface area contributed by atoms with Crippen LogP contribution < -0.4 is 0 Å². The number of nitrogens with one attached hydrogen (secondary N) is 1. The molecule has 1 aliphatic heterocycles. The number of nitrogens with zero attached hydrogens (tertiary/aromatic N) is 1. The second-order valence-electron chi connectivity index (χ2n) is 3.57. The number of ether oxygens (including phenoxy) is 1. The summed E-state index contributed by atoms with van der Waals surface area (Å²) in [6.07, 6.45) is 8.82. The summed E-state index contributed by atoms with van der Waals surface area (Å²) >= 11 is 0. The number of allylic oxidation sites excluding steroid dienone is 2. The molecule has 0 saturated heterocycles. The van der Waals surface area contributed by atoms with Crippen molar-refractivity contribution in [1.29, 1.82) is 0 Å². The zero-order valence-electron chi connectivity index (χ0n) is 9.05. The molecule has 0 bridgehead atoms. The molecule has 3 nitrogen and oxygen atoms in total. The molecule has 1 aromatic carbocycles. The predicted octanol–water partition coefficient (Wildman–Crippen LogP) is 3.12. The van der Waals surface area contributed by atoms with Crippen molar-refractivity contribution in [3.05, 3.63) is 66.4 Å². The van der Waals surface area contributed by atoms with E-state index in [1.807, 2.05) is 30.3 Å². The molecule has 0 unspecified atom stereocenters. The number of benzene rings is 1. The molecule has 17 heavy (non-hydrogen) atoms. The van der Waals surface area contributed by atoms with Crippen molar-refractivity contribution in [3.8, 4) is 11.4 Å². The summed E-state index contributed by atoms with van der Waals surface area (Å²) in [7, 11) is 0. The maximum absolute atomic E-state index is 5.45. The van der Waals surface area contributed by atoms with Gasteiger partial charge in [-0.1, -0.05) is 23.9 Å². The highest BCUT2D eigenvalue weighted by Crippen LogP contribution is 2.27. The third kappa shape index (κ3) is 1.80. The van der Waals surface area contributed by atoms with E-state index in [-0.39, 0.29) is 0 Å². The lowest BCUT2D eigenvalue weighted by atomic mass is 10.1. The molecular formula is C14H10N2O. The minimum atomic E-state index is 0.708. The molecule has 0 saturated carbocycles. The number of H-pyrrole nitrogens is 1. The van der Waals surface area contributed by atoms with Crippen LogP contribution in [0.4, 0.5) is 0 Å². The molecule has 0 amide bonds. The standard InChI is InChI=1S/C14H10N2O/c1-2-6-12(14-15-8-9-16-14)11(5-1)13-7-3-4-10-17-13/h1-6,8-10H,(H,15,16). The quantitative estimate of drug-likeness (QED) is 0.793. The first-order valence-corrected chi connectivity index (χ1v) is 5.33. The highest BCUT2D eigenvalue weighted by Gasteiger charge is 2.11.